The summed E-state index contributed by atoms with van der Waals surface area (Å²) in [4.78, 5) is 20.4. The first-order valence-electron chi connectivity index (χ1n) is 10.7. The fourth-order valence-corrected chi connectivity index (χ4v) is 5.03. The maximum Gasteiger partial charge on any atom is 0.247 e. The summed E-state index contributed by atoms with van der Waals surface area (Å²) in [5.74, 6) is 1.22. The molecule has 1 fully saturated rings. The molecule has 12 heteroatoms. The highest BCUT2D eigenvalue weighted by Crippen LogP contribution is 2.37. The maximum atomic E-state index is 12.1. The Morgan fingerprint density at radius 3 is 2.94 bits per heavy atom. The van der Waals surface area contributed by atoms with Crippen molar-refractivity contribution in [3.63, 3.8) is 0 Å². The highest BCUT2D eigenvalue weighted by Gasteiger charge is 2.42. The summed E-state index contributed by atoms with van der Waals surface area (Å²) in [5.41, 5.74) is 7.26. The molecule has 0 bridgehead atoms. The molecule has 4 N–H and O–H groups in total. The summed E-state index contributed by atoms with van der Waals surface area (Å²) in [7, 11) is -2.20. The van der Waals surface area contributed by atoms with Gasteiger partial charge in [-0.2, -0.15) is 4.52 Å². The predicted molar refractivity (Wildman–Crippen MR) is 130 cm³/mol. The van der Waals surface area contributed by atoms with E-state index in [9.17, 15) is 15.1 Å². The van der Waals surface area contributed by atoms with Gasteiger partial charge in [-0.05, 0) is 17.7 Å². The summed E-state index contributed by atoms with van der Waals surface area (Å²) in [6, 6.07) is 9.15. The van der Waals surface area contributed by atoms with Crippen molar-refractivity contribution in [2.75, 3.05) is 18.9 Å². The molecule has 2 aromatic heterocycles. The van der Waals surface area contributed by atoms with Crippen molar-refractivity contribution in [1.29, 1.82) is 0 Å². The normalized spacial score (nSPS) is 24.1. The molecule has 1 saturated heterocycles. The predicted octanol–water partition coefficient (Wildman–Crippen LogP) is 2.26. The van der Waals surface area contributed by atoms with Gasteiger partial charge in [0, 0.05) is 23.0 Å². The minimum atomic E-state index is -2.20. The molecule has 10 nitrogen and oxygen atoms in total. The monoisotopic (exact) mass is 552 g/mol. The number of ether oxygens (including phenoxy) is 2. The summed E-state index contributed by atoms with van der Waals surface area (Å²) in [5, 5.41) is 21.6. The lowest BCUT2D eigenvalue weighted by atomic mass is 10.0. The lowest BCUT2D eigenvalue weighted by molar-refractivity contribution is -0.173. The van der Waals surface area contributed by atoms with Gasteiger partial charge in [0.25, 0.3) is 0 Å². The molecular weight excluding hydrogens is 527 g/mol. The number of anilines is 1. The van der Waals surface area contributed by atoms with E-state index < -0.39 is 32.5 Å². The van der Waals surface area contributed by atoms with Gasteiger partial charge in [0.05, 0.1) is 24.2 Å². The second kappa shape index (κ2) is 11.2. The Balaban J connectivity index is 1.28. The van der Waals surface area contributed by atoms with Crippen molar-refractivity contribution in [3.8, 4) is 0 Å². The van der Waals surface area contributed by atoms with Crippen molar-refractivity contribution in [2.24, 2.45) is 5.92 Å². The molecule has 1 unspecified atom stereocenters. The van der Waals surface area contributed by atoms with E-state index in [1.807, 2.05) is 35.8 Å². The van der Waals surface area contributed by atoms with Gasteiger partial charge in [-0.3, -0.25) is 0 Å². The van der Waals surface area contributed by atoms with E-state index in [0.717, 1.165) is 16.0 Å². The number of fused-ring (bicyclic) bond motifs is 1. The minimum Gasteiger partial charge on any atom is -0.601 e. The van der Waals surface area contributed by atoms with Crippen LogP contribution in [0.15, 0.2) is 47.3 Å². The molecule has 1 aliphatic rings. The first-order valence-corrected chi connectivity index (χ1v) is 12.8. The standard InChI is InChI=1S/C22H26BrN4O6P/c1-13-19(29)18(33-22(13)27-8-6-15-20(24)25-11-26-21(15)27)10-31-12-34(30)32-9-7-17(28)14-4-2-3-5-16(14)23/h2-6,8,11-13,17-19,22,28-29H,7,9-10H2,1H3,(H2,24,25,26)/t13-,17-,18+,19-,22+/m0/s1. The lowest BCUT2D eigenvalue weighted by Crippen LogP contribution is -2.29. The molecule has 34 heavy (non-hydrogen) atoms. The van der Waals surface area contributed by atoms with E-state index in [2.05, 4.69) is 25.9 Å². The summed E-state index contributed by atoms with van der Waals surface area (Å²) < 4.78 is 19.3. The number of halogens is 1. The van der Waals surface area contributed by atoms with Crippen molar-refractivity contribution >= 4 is 46.8 Å². The molecule has 0 spiro atoms. The van der Waals surface area contributed by atoms with Crippen LogP contribution in [0.5, 0.6) is 0 Å². The van der Waals surface area contributed by atoms with Gasteiger partial charge in [-0.15, -0.1) is 0 Å². The van der Waals surface area contributed by atoms with Crippen molar-refractivity contribution in [3.05, 3.63) is 52.9 Å². The number of hydrogen-bond acceptors (Lipinski definition) is 9. The highest BCUT2D eigenvalue weighted by molar-refractivity contribution is 9.10. The van der Waals surface area contributed by atoms with Gasteiger partial charge in [0.1, 0.15) is 36.7 Å². The molecule has 4 rings (SSSR count). The summed E-state index contributed by atoms with van der Waals surface area (Å²) in [6.45, 7) is 1.96. The number of nitrogens with two attached hydrogens (primary N) is 1. The van der Waals surface area contributed by atoms with Gasteiger partial charge < -0.3 is 34.9 Å². The summed E-state index contributed by atoms with van der Waals surface area (Å²) >= 11 is 3.39. The van der Waals surface area contributed by atoms with Crippen LogP contribution in [0.2, 0.25) is 0 Å². The molecule has 182 valence electrons. The van der Waals surface area contributed by atoms with Crippen LogP contribution in [0.3, 0.4) is 0 Å². The van der Waals surface area contributed by atoms with Gasteiger partial charge in [0.2, 0.25) is 14.0 Å². The molecule has 0 saturated carbocycles. The van der Waals surface area contributed by atoms with Crippen LogP contribution in [0.25, 0.3) is 11.0 Å². The van der Waals surface area contributed by atoms with E-state index in [1.165, 1.54) is 6.33 Å². The molecule has 1 aromatic carbocycles. The van der Waals surface area contributed by atoms with Crippen molar-refractivity contribution < 1.29 is 29.1 Å². The topological polar surface area (TPSA) is 148 Å². The van der Waals surface area contributed by atoms with Gasteiger partial charge in [-0.25, -0.2) is 9.97 Å². The Labute approximate surface area is 206 Å². The van der Waals surface area contributed by atoms with E-state index >= 15 is 0 Å². The van der Waals surface area contributed by atoms with Crippen LogP contribution >= 0.6 is 23.9 Å². The van der Waals surface area contributed by atoms with E-state index in [-0.39, 0.29) is 25.6 Å². The quantitative estimate of drug-likeness (QED) is 0.340. The zero-order valence-corrected chi connectivity index (χ0v) is 20.9. The molecule has 0 aliphatic carbocycles. The average Bonchev–Trinajstić information content (AvgIpc) is 3.36. The summed E-state index contributed by atoms with van der Waals surface area (Å²) in [6.07, 6.45) is 0.812. The Hall–Kier alpha value is -1.95. The first kappa shape index (κ1) is 25.2. The van der Waals surface area contributed by atoms with Gasteiger partial charge in [-0.1, -0.05) is 41.1 Å². The Morgan fingerprint density at radius 1 is 1.35 bits per heavy atom. The number of nitrogen functional groups attached to an aromatic ring is 1. The number of aliphatic hydroxyl groups excluding tert-OH is 2. The third kappa shape index (κ3) is 5.48. The minimum absolute atomic E-state index is 0.00233. The van der Waals surface area contributed by atoms with Crippen LogP contribution in [0, 0.1) is 5.92 Å². The Morgan fingerprint density at radius 2 is 2.15 bits per heavy atom. The molecule has 0 radical (unpaired) electrons. The van der Waals surface area contributed by atoms with Crippen LogP contribution in [0.4, 0.5) is 5.82 Å². The Kier molecular flexibility index (Phi) is 8.28. The zero-order chi connectivity index (χ0) is 24.2. The maximum absolute atomic E-state index is 12.1. The second-order valence-corrected chi connectivity index (χ2v) is 9.91. The fourth-order valence-electron chi connectivity index (χ4n) is 3.93. The molecular formula is C22H26BrN4O6P. The van der Waals surface area contributed by atoms with Crippen LogP contribution in [0.1, 0.15) is 31.2 Å². The number of benzene rings is 1. The number of aliphatic hydroxyl groups is 2. The molecule has 1 aliphatic heterocycles. The van der Waals surface area contributed by atoms with Crippen LogP contribution in [-0.2, 0) is 14.0 Å². The van der Waals surface area contributed by atoms with E-state index in [1.54, 1.807) is 12.3 Å². The highest BCUT2D eigenvalue weighted by atomic mass is 79.9. The molecule has 3 heterocycles. The second-order valence-electron chi connectivity index (χ2n) is 8.02. The number of nitrogens with zero attached hydrogens (tertiary/aromatic N) is 3. The van der Waals surface area contributed by atoms with Crippen LogP contribution in [-0.4, -0.2) is 56.2 Å². The first-order chi connectivity index (χ1) is 16.4. The zero-order valence-electron chi connectivity index (χ0n) is 18.4. The lowest BCUT2D eigenvalue weighted by Gasteiger charge is -2.18. The average molecular weight is 553 g/mol. The number of aromatic nitrogens is 3. The number of hydrogen-bond donors (Lipinski definition) is 3. The molecule has 3 aromatic rings. The third-order valence-corrected chi connectivity index (χ3v) is 7.27. The smallest absolute Gasteiger partial charge is 0.247 e. The van der Waals surface area contributed by atoms with Crippen molar-refractivity contribution in [1.82, 2.24) is 14.5 Å². The third-order valence-electron chi connectivity index (χ3n) is 5.79. The fraction of sp³-hybridized carbons (Fsp3) is 0.409. The Bertz CT molecular complexity index is 1160. The number of rotatable bonds is 9. The SMILES string of the molecule is C[C@H]1[C@H](O)[C@@H](COC=[P+]([O-])OCC[C@H](O)c2ccccc2Br)O[C@H]1n1ccc2c(N)ncnc21. The van der Waals surface area contributed by atoms with Gasteiger partial charge >= 0.3 is 0 Å². The van der Waals surface area contributed by atoms with Crippen molar-refractivity contribution in [2.45, 2.75) is 37.9 Å². The van der Waals surface area contributed by atoms with Crippen LogP contribution < -0.4 is 10.6 Å². The van der Waals surface area contributed by atoms with E-state index in [4.69, 9.17) is 19.7 Å². The largest absolute Gasteiger partial charge is 0.601 e. The van der Waals surface area contributed by atoms with Gasteiger partial charge in [0.15, 0.2) is 0 Å². The van der Waals surface area contributed by atoms with E-state index in [0.29, 0.717) is 16.9 Å². The molecule has 6 atom stereocenters. The molecule has 0 amide bonds.